The second-order valence-corrected chi connectivity index (χ2v) is 7.78. The van der Waals surface area contributed by atoms with Gasteiger partial charge in [0.1, 0.15) is 0 Å². The lowest BCUT2D eigenvalue weighted by atomic mass is 10.1. The lowest BCUT2D eigenvalue weighted by molar-refractivity contribution is -0.122. The molecule has 0 unspecified atom stereocenters. The zero-order chi connectivity index (χ0) is 20.8. The van der Waals surface area contributed by atoms with Crippen molar-refractivity contribution in [1.29, 1.82) is 0 Å². The van der Waals surface area contributed by atoms with E-state index in [1.54, 1.807) is 16.9 Å². The highest BCUT2D eigenvalue weighted by Crippen LogP contribution is 2.24. The number of likely N-dealkylation sites (tertiary alicyclic amines) is 1. The van der Waals surface area contributed by atoms with Crippen LogP contribution in [0.4, 0.5) is 0 Å². The van der Waals surface area contributed by atoms with Crippen molar-refractivity contribution in [3.8, 4) is 0 Å². The van der Waals surface area contributed by atoms with Gasteiger partial charge in [-0.05, 0) is 50.9 Å². The van der Waals surface area contributed by atoms with Crippen molar-refractivity contribution in [3.63, 3.8) is 0 Å². The molecule has 0 spiro atoms. The van der Waals surface area contributed by atoms with Crippen LogP contribution < -0.4 is 10.6 Å². The Bertz CT molecular complexity index is 832. The summed E-state index contributed by atoms with van der Waals surface area (Å²) >= 11 is 0. The number of hydrogen-bond acceptors (Lipinski definition) is 5. The van der Waals surface area contributed by atoms with E-state index in [9.17, 15) is 9.59 Å². The number of aromatic nitrogens is 3. The first kappa shape index (κ1) is 21.0. The van der Waals surface area contributed by atoms with Crippen molar-refractivity contribution in [3.05, 3.63) is 47.5 Å². The third kappa shape index (κ3) is 5.87. The van der Waals surface area contributed by atoms with Crippen molar-refractivity contribution in [2.75, 3.05) is 20.1 Å². The fourth-order valence-electron chi connectivity index (χ4n) is 3.73. The molecule has 0 saturated carbocycles. The minimum absolute atomic E-state index is 0.0705. The number of hydrogen-bond donors (Lipinski definition) is 2. The third-order valence-electron chi connectivity index (χ3n) is 5.57. The molecule has 2 atom stereocenters. The molecule has 0 aliphatic carbocycles. The largest absolute Gasteiger partial charge is 0.356 e. The van der Waals surface area contributed by atoms with Crippen molar-refractivity contribution in [2.45, 2.75) is 44.7 Å². The summed E-state index contributed by atoms with van der Waals surface area (Å²) in [6.07, 6.45) is 8.57. The molecule has 3 rings (SSSR count). The number of amides is 2. The van der Waals surface area contributed by atoms with Gasteiger partial charge in [-0.2, -0.15) is 5.10 Å². The third-order valence-corrected chi connectivity index (χ3v) is 5.57. The molecule has 0 radical (unpaired) electrons. The average molecular weight is 399 g/mol. The molecular weight excluding hydrogens is 368 g/mol. The summed E-state index contributed by atoms with van der Waals surface area (Å²) in [5.74, 6) is -0.0383. The van der Waals surface area contributed by atoms with Gasteiger partial charge in [-0.3, -0.25) is 24.2 Å². The Hall–Kier alpha value is -2.74. The van der Waals surface area contributed by atoms with Crippen LogP contribution in [-0.4, -0.2) is 63.7 Å². The standard InChI is InChI=1S/C21H30N6O2/c1-15-4-5-17(12-23-15)21(29)24-13-19-7-6-18(27(19)3)10-20(28)22-9-8-16-11-25-26(2)14-16/h4-5,11-12,14,18-19H,6-10,13H2,1-3H3,(H,22,28)(H,24,29)/t18-,19+/m1/s1. The normalized spacial score (nSPS) is 19.3. The number of pyridine rings is 1. The molecule has 1 saturated heterocycles. The highest BCUT2D eigenvalue weighted by atomic mass is 16.2. The van der Waals surface area contributed by atoms with Crippen LogP contribution in [0.1, 0.15) is 40.9 Å². The quantitative estimate of drug-likeness (QED) is 0.694. The Morgan fingerprint density at radius 3 is 2.62 bits per heavy atom. The van der Waals surface area contributed by atoms with Crippen LogP contribution in [0.5, 0.6) is 0 Å². The number of nitrogens with zero attached hydrogens (tertiary/aromatic N) is 4. The maximum Gasteiger partial charge on any atom is 0.252 e. The second kappa shape index (κ2) is 9.65. The predicted octanol–water partition coefficient (Wildman–Crippen LogP) is 1.07. The van der Waals surface area contributed by atoms with E-state index < -0.39 is 0 Å². The zero-order valence-electron chi connectivity index (χ0n) is 17.4. The molecule has 0 bridgehead atoms. The van der Waals surface area contributed by atoms with Gasteiger partial charge in [-0.15, -0.1) is 0 Å². The Morgan fingerprint density at radius 1 is 1.14 bits per heavy atom. The molecule has 2 aromatic rings. The monoisotopic (exact) mass is 398 g/mol. The highest BCUT2D eigenvalue weighted by Gasteiger charge is 2.31. The van der Waals surface area contributed by atoms with Crippen LogP contribution in [0, 0.1) is 6.92 Å². The Morgan fingerprint density at radius 2 is 1.93 bits per heavy atom. The topological polar surface area (TPSA) is 92.2 Å². The van der Waals surface area contributed by atoms with Crippen molar-refractivity contribution >= 4 is 11.8 Å². The number of aryl methyl sites for hydroxylation is 2. The van der Waals surface area contributed by atoms with Crippen LogP contribution >= 0.6 is 0 Å². The Kier molecular flexibility index (Phi) is 6.98. The van der Waals surface area contributed by atoms with Gasteiger partial charge in [0.05, 0.1) is 11.8 Å². The smallest absolute Gasteiger partial charge is 0.252 e. The van der Waals surface area contributed by atoms with Crippen LogP contribution in [0.15, 0.2) is 30.7 Å². The minimum atomic E-state index is -0.109. The van der Waals surface area contributed by atoms with Gasteiger partial charge in [0.2, 0.25) is 5.91 Å². The fourth-order valence-corrected chi connectivity index (χ4v) is 3.73. The minimum Gasteiger partial charge on any atom is -0.356 e. The number of likely N-dealkylation sites (N-methyl/N-ethyl adjacent to an activating group) is 1. The van der Waals surface area contributed by atoms with Crippen LogP contribution in [-0.2, 0) is 18.3 Å². The second-order valence-electron chi connectivity index (χ2n) is 7.78. The van der Waals surface area contributed by atoms with E-state index in [1.807, 2.05) is 39.5 Å². The summed E-state index contributed by atoms with van der Waals surface area (Å²) in [5, 5.41) is 10.1. The van der Waals surface area contributed by atoms with Crippen LogP contribution in [0.25, 0.3) is 0 Å². The molecule has 1 aliphatic heterocycles. The fraction of sp³-hybridized carbons (Fsp3) is 0.524. The van der Waals surface area contributed by atoms with E-state index in [-0.39, 0.29) is 23.9 Å². The molecule has 8 heteroatoms. The molecule has 2 amide bonds. The summed E-state index contributed by atoms with van der Waals surface area (Å²) in [7, 11) is 3.92. The molecule has 156 valence electrons. The molecule has 0 aromatic carbocycles. The van der Waals surface area contributed by atoms with E-state index >= 15 is 0 Å². The van der Waals surface area contributed by atoms with Gasteiger partial charge < -0.3 is 10.6 Å². The zero-order valence-corrected chi connectivity index (χ0v) is 17.4. The van der Waals surface area contributed by atoms with Crippen molar-refractivity contribution < 1.29 is 9.59 Å². The number of rotatable bonds is 8. The van der Waals surface area contributed by atoms with E-state index in [0.717, 1.165) is 30.5 Å². The molecule has 29 heavy (non-hydrogen) atoms. The summed E-state index contributed by atoms with van der Waals surface area (Å²) in [4.78, 5) is 30.9. The van der Waals surface area contributed by atoms with Crippen LogP contribution in [0.2, 0.25) is 0 Å². The first-order valence-corrected chi connectivity index (χ1v) is 10.1. The maximum atomic E-state index is 12.3. The van der Waals surface area contributed by atoms with E-state index in [1.165, 1.54) is 0 Å². The van der Waals surface area contributed by atoms with Crippen LogP contribution in [0.3, 0.4) is 0 Å². The van der Waals surface area contributed by atoms with Gasteiger partial charge >= 0.3 is 0 Å². The number of carbonyl (C=O) groups is 2. The van der Waals surface area contributed by atoms with Gasteiger partial charge in [0.25, 0.3) is 5.91 Å². The lowest BCUT2D eigenvalue weighted by Gasteiger charge is -2.25. The number of carbonyl (C=O) groups excluding carboxylic acids is 2. The van der Waals surface area contributed by atoms with E-state index in [4.69, 9.17) is 0 Å². The highest BCUT2D eigenvalue weighted by molar-refractivity contribution is 5.93. The van der Waals surface area contributed by atoms with Crippen molar-refractivity contribution in [1.82, 2.24) is 30.3 Å². The molecular formula is C21H30N6O2. The molecule has 2 aromatic heterocycles. The predicted molar refractivity (Wildman–Crippen MR) is 110 cm³/mol. The average Bonchev–Trinajstić information content (AvgIpc) is 3.26. The molecule has 3 heterocycles. The summed E-state index contributed by atoms with van der Waals surface area (Å²) < 4.78 is 1.76. The maximum absolute atomic E-state index is 12.3. The Labute approximate surface area is 171 Å². The van der Waals surface area contributed by atoms with E-state index in [2.05, 4.69) is 25.6 Å². The van der Waals surface area contributed by atoms with Gasteiger partial charge in [-0.1, -0.05) is 0 Å². The summed E-state index contributed by atoms with van der Waals surface area (Å²) in [6.45, 7) is 3.08. The molecule has 1 fully saturated rings. The Balaban J connectivity index is 1.38. The van der Waals surface area contributed by atoms with Crippen molar-refractivity contribution in [2.24, 2.45) is 7.05 Å². The molecule has 2 N–H and O–H groups in total. The first-order valence-electron chi connectivity index (χ1n) is 10.1. The van der Waals surface area contributed by atoms with Gasteiger partial charge in [0.15, 0.2) is 0 Å². The van der Waals surface area contributed by atoms with E-state index in [0.29, 0.717) is 25.1 Å². The first-order chi connectivity index (χ1) is 13.9. The van der Waals surface area contributed by atoms with Gasteiger partial charge in [-0.25, -0.2) is 0 Å². The SMILES string of the molecule is Cc1ccc(C(=O)NC[C@@H]2CC[C@H](CC(=O)NCCc3cnn(C)c3)N2C)cn1. The lowest BCUT2D eigenvalue weighted by Crippen LogP contribution is -2.42. The number of nitrogens with one attached hydrogen (secondary N) is 2. The van der Waals surface area contributed by atoms with Gasteiger partial charge in [0, 0.05) is 56.7 Å². The summed E-state index contributed by atoms with van der Waals surface area (Å²) in [6, 6.07) is 4.07. The molecule has 8 nitrogen and oxygen atoms in total. The summed E-state index contributed by atoms with van der Waals surface area (Å²) in [5.41, 5.74) is 2.57. The molecule has 1 aliphatic rings.